The monoisotopic (exact) mass is 379 g/mol. The molecule has 2 aromatic carbocycles. The van der Waals surface area contributed by atoms with Crippen LogP contribution in [0.15, 0.2) is 42.5 Å². The van der Waals surface area contributed by atoms with Gasteiger partial charge in [-0.25, -0.2) is 9.18 Å². The maximum Gasteiger partial charge on any atom is 0.325 e. The summed E-state index contributed by atoms with van der Waals surface area (Å²) in [5.74, 6) is -0.949. The Bertz CT molecular complexity index is 986. The Balaban J connectivity index is 1.90. The van der Waals surface area contributed by atoms with Gasteiger partial charge >= 0.3 is 6.03 Å². The average molecular weight is 379 g/mol. The lowest BCUT2D eigenvalue weighted by Gasteiger charge is -2.24. The van der Waals surface area contributed by atoms with Gasteiger partial charge in [0.25, 0.3) is 5.91 Å². The molecule has 1 heterocycles. The lowest BCUT2D eigenvalue weighted by molar-refractivity contribution is -0.131. The molecular formula is C22H22FN3O2. The van der Waals surface area contributed by atoms with Gasteiger partial charge in [-0.3, -0.25) is 9.69 Å². The quantitative estimate of drug-likeness (QED) is 0.821. The first-order chi connectivity index (χ1) is 13.1. The largest absolute Gasteiger partial charge is 0.325 e. The van der Waals surface area contributed by atoms with Crippen LogP contribution in [-0.4, -0.2) is 16.8 Å². The van der Waals surface area contributed by atoms with Crippen molar-refractivity contribution in [3.8, 4) is 6.07 Å². The molecule has 5 nitrogen and oxygen atoms in total. The number of halogens is 1. The van der Waals surface area contributed by atoms with E-state index in [0.29, 0.717) is 11.1 Å². The molecule has 144 valence electrons. The smallest absolute Gasteiger partial charge is 0.319 e. The Hall–Kier alpha value is -3.20. The third kappa shape index (κ3) is 3.36. The molecule has 28 heavy (non-hydrogen) atoms. The van der Waals surface area contributed by atoms with E-state index in [0.717, 1.165) is 16.5 Å². The highest BCUT2D eigenvalue weighted by Crippen LogP contribution is 2.32. The van der Waals surface area contributed by atoms with Crippen molar-refractivity contribution < 1.29 is 14.0 Å². The number of carbonyl (C=O) groups is 2. The third-order valence-corrected chi connectivity index (χ3v) is 5.12. The molecule has 0 spiro atoms. The molecule has 1 saturated heterocycles. The van der Waals surface area contributed by atoms with Crippen LogP contribution in [0, 0.1) is 17.1 Å². The number of nitriles is 1. The number of hydrogen-bond acceptors (Lipinski definition) is 3. The zero-order chi connectivity index (χ0) is 20.7. The van der Waals surface area contributed by atoms with Crippen LogP contribution in [0.2, 0.25) is 0 Å². The van der Waals surface area contributed by atoms with Crippen molar-refractivity contribution in [3.63, 3.8) is 0 Å². The summed E-state index contributed by atoms with van der Waals surface area (Å²) in [5.41, 5.74) is 1.10. The van der Waals surface area contributed by atoms with Crippen molar-refractivity contribution >= 4 is 11.9 Å². The van der Waals surface area contributed by atoms with Crippen LogP contribution in [0.25, 0.3) is 0 Å². The molecule has 0 saturated carbocycles. The van der Waals surface area contributed by atoms with Gasteiger partial charge in [-0.2, -0.15) is 5.26 Å². The fourth-order valence-corrected chi connectivity index (χ4v) is 3.30. The molecule has 1 N–H and O–H groups in total. The van der Waals surface area contributed by atoms with E-state index in [1.54, 1.807) is 6.92 Å². The van der Waals surface area contributed by atoms with E-state index in [9.17, 15) is 19.2 Å². The van der Waals surface area contributed by atoms with E-state index < -0.39 is 23.3 Å². The molecule has 1 atom stereocenters. The summed E-state index contributed by atoms with van der Waals surface area (Å²) in [6.45, 7) is 7.87. The number of nitrogens with one attached hydrogen (secondary N) is 1. The lowest BCUT2D eigenvalue weighted by Crippen LogP contribution is -2.40. The molecule has 3 rings (SSSR count). The SMILES string of the molecule is CC(C)(C)c1ccc(C2(C)NC(=O)N(Cc3ccc(F)cc3C#N)C2=O)cc1. The van der Waals surface area contributed by atoms with Gasteiger partial charge in [-0.05, 0) is 41.2 Å². The maximum absolute atomic E-state index is 13.4. The number of nitrogens with zero attached hydrogens (tertiary/aromatic N) is 2. The summed E-state index contributed by atoms with van der Waals surface area (Å²) >= 11 is 0. The minimum Gasteiger partial charge on any atom is -0.319 e. The van der Waals surface area contributed by atoms with Gasteiger partial charge in [0.2, 0.25) is 0 Å². The Morgan fingerprint density at radius 2 is 1.79 bits per heavy atom. The standard InChI is InChI=1S/C22H22FN3O2/c1-21(2,3)16-6-8-17(9-7-16)22(4)19(27)26(20(28)25-22)13-14-5-10-18(23)11-15(14)12-24/h5-11H,13H2,1-4H3,(H,25,28). The van der Waals surface area contributed by atoms with Crippen LogP contribution in [-0.2, 0) is 22.3 Å². The second-order valence-electron chi connectivity index (χ2n) is 8.19. The summed E-state index contributed by atoms with van der Waals surface area (Å²) in [7, 11) is 0. The summed E-state index contributed by atoms with van der Waals surface area (Å²) in [4.78, 5) is 26.6. The van der Waals surface area contributed by atoms with Gasteiger partial charge in [0.05, 0.1) is 18.2 Å². The van der Waals surface area contributed by atoms with Crippen molar-refractivity contribution in [1.82, 2.24) is 10.2 Å². The predicted molar refractivity (Wildman–Crippen MR) is 103 cm³/mol. The Labute approximate surface area is 163 Å². The van der Waals surface area contributed by atoms with Crippen LogP contribution in [0.1, 0.15) is 49.9 Å². The fraction of sp³-hybridized carbons (Fsp3) is 0.318. The number of imide groups is 1. The zero-order valence-electron chi connectivity index (χ0n) is 16.3. The summed E-state index contributed by atoms with van der Waals surface area (Å²) in [5, 5.41) is 12.0. The fourth-order valence-electron chi connectivity index (χ4n) is 3.30. The molecule has 0 aliphatic carbocycles. The topological polar surface area (TPSA) is 73.2 Å². The van der Waals surface area contributed by atoms with Crippen molar-refractivity contribution in [2.45, 2.75) is 45.2 Å². The molecule has 3 amide bonds. The van der Waals surface area contributed by atoms with E-state index >= 15 is 0 Å². The van der Waals surface area contributed by atoms with Crippen molar-refractivity contribution in [2.75, 3.05) is 0 Å². The predicted octanol–water partition coefficient (Wildman–Crippen LogP) is 3.96. The first-order valence-corrected chi connectivity index (χ1v) is 9.00. The second-order valence-corrected chi connectivity index (χ2v) is 8.19. The number of rotatable bonds is 3. The molecule has 6 heteroatoms. The minimum atomic E-state index is -1.19. The van der Waals surface area contributed by atoms with Gasteiger partial charge in [0.1, 0.15) is 11.4 Å². The van der Waals surface area contributed by atoms with E-state index in [-0.39, 0.29) is 17.5 Å². The second kappa shape index (κ2) is 6.75. The Kier molecular flexibility index (Phi) is 4.72. The van der Waals surface area contributed by atoms with E-state index in [1.807, 2.05) is 30.3 Å². The van der Waals surface area contributed by atoms with Gasteiger partial charge < -0.3 is 5.32 Å². The molecule has 0 bridgehead atoms. The molecule has 1 fully saturated rings. The number of carbonyl (C=O) groups excluding carboxylic acids is 2. The van der Waals surface area contributed by atoms with Crippen molar-refractivity contribution in [3.05, 3.63) is 70.5 Å². The van der Waals surface area contributed by atoms with Gasteiger partial charge in [0, 0.05) is 0 Å². The van der Waals surface area contributed by atoms with Crippen LogP contribution in [0.5, 0.6) is 0 Å². The summed E-state index contributed by atoms with van der Waals surface area (Å²) in [6, 6.07) is 12.7. The van der Waals surface area contributed by atoms with E-state index in [4.69, 9.17) is 0 Å². The first kappa shape index (κ1) is 19.6. The number of hydrogen-bond donors (Lipinski definition) is 1. The van der Waals surface area contributed by atoms with E-state index in [2.05, 4.69) is 26.1 Å². The minimum absolute atomic E-state index is 0.0231. The zero-order valence-corrected chi connectivity index (χ0v) is 16.3. The Morgan fingerprint density at radius 1 is 1.14 bits per heavy atom. The highest BCUT2D eigenvalue weighted by molar-refractivity contribution is 6.07. The molecule has 0 radical (unpaired) electrons. The lowest BCUT2D eigenvalue weighted by atomic mass is 9.84. The number of amides is 3. The normalized spacial score (nSPS) is 19.5. The number of urea groups is 1. The summed E-state index contributed by atoms with van der Waals surface area (Å²) < 4.78 is 13.4. The van der Waals surface area contributed by atoms with Crippen LogP contribution < -0.4 is 5.32 Å². The third-order valence-electron chi connectivity index (χ3n) is 5.12. The number of benzene rings is 2. The van der Waals surface area contributed by atoms with Crippen LogP contribution >= 0.6 is 0 Å². The van der Waals surface area contributed by atoms with Crippen LogP contribution in [0.3, 0.4) is 0 Å². The molecule has 1 unspecified atom stereocenters. The molecule has 1 aliphatic heterocycles. The molecule has 1 aliphatic rings. The maximum atomic E-state index is 13.4. The average Bonchev–Trinajstić information content (AvgIpc) is 2.86. The molecule has 2 aromatic rings. The van der Waals surface area contributed by atoms with Crippen molar-refractivity contribution in [2.24, 2.45) is 0 Å². The van der Waals surface area contributed by atoms with E-state index in [1.165, 1.54) is 12.1 Å². The van der Waals surface area contributed by atoms with Gasteiger partial charge in [-0.15, -0.1) is 0 Å². The molecular weight excluding hydrogens is 357 g/mol. The highest BCUT2D eigenvalue weighted by Gasteiger charge is 2.49. The van der Waals surface area contributed by atoms with Gasteiger partial charge in [0.15, 0.2) is 0 Å². The van der Waals surface area contributed by atoms with Gasteiger partial charge in [-0.1, -0.05) is 51.1 Å². The highest BCUT2D eigenvalue weighted by atomic mass is 19.1. The molecule has 0 aromatic heterocycles. The first-order valence-electron chi connectivity index (χ1n) is 9.00. The van der Waals surface area contributed by atoms with Crippen LogP contribution in [0.4, 0.5) is 9.18 Å². The van der Waals surface area contributed by atoms with Crippen molar-refractivity contribution in [1.29, 1.82) is 5.26 Å². The summed E-state index contributed by atoms with van der Waals surface area (Å²) in [6.07, 6.45) is 0. The Morgan fingerprint density at radius 3 is 2.36 bits per heavy atom.